The van der Waals surface area contributed by atoms with Crippen LogP contribution in [0.4, 0.5) is 13.2 Å². The number of nitrogens with zero attached hydrogens (tertiary/aromatic N) is 4. The van der Waals surface area contributed by atoms with Gasteiger partial charge < -0.3 is 4.74 Å². The van der Waals surface area contributed by atoms with Crippen LogP contribution in [0, 0.1) is 0 Å². The zero-order valence-electron chi connectivity index (χ0n) is 12.6. The maximum Gasteiger partial charge on any atom is 0.416 e. The molecule has 0 bridgehead atoms. The Labute approximate surface area is 139 Å². The number of ether oxygens (including phenoxy) is 1. The van der Waals surface area contributed by atoms with E-state index in [1.807, 2.05) is 0 Å². The van der Waals surface area contributed by atoms with Gasteiger partial charge in [-0.05, 0) is 40.8 Å². The molecule has 0 unspecified atom stereocenters. The fourth-order valence-corrected chi connectivity index (χ4v) is 2.18. The van der Waals surface area contributed by atoms with E-state index in [0.29, 0.717) is 5.69 Å². The van der Waals surface area contributed by atoms with Crippen LogP contribution in [0.2, 0.25) is 0 Å². The summed E-state index contributed by atoms with van der Waals surface area (Å²) >= 11 is 0. The van der Waals surface area contributed by atoms with Gasteiger partial charge in [-0.15, -0.1) is 5.10 Å². The van der Waals surface area contributed by atoms with Gasteiger partial charge in [-0.1, -0.05) is 18.2 Å². The van der Waals surface area contributed by atoms with E-state index in [1.54, 1.807) is 12.1 Å². The third-order valence-corrected chi connectivity index (χ3v) is 3.40. The van der Waals surface area contributed by atoms with Crippen LogP contribution >= 0.6 is 0 Å². The minimum Gasteiger partial charge on any atom is -0.457 e. The largest absolute Gasteiger partial charge is 0.457 e. The van der Waals surface area contributed by atoms with E-state index in [1.165, 1.54) is 41.3 Å². The van der Waals surface area contributed by atoms with Crippen LogP contribution in [-0.2, 0) is 17.5 Å². The smallest absolute Gasteiger partial charge is 0.416 e. The summed E-state index contributed by atoms with van der Waals surface area (Å²) in [6, 6.07) is 11.1. The molecule has 0 atom stereocenters. The number of tetrazole rings is 1. The minimum absolute atomic E-state index is 0.103. The van der Waals surface area contributed by atoms with Crippen molar-refractivity contribution in [3.8, 4) is 5.69 Å². The Morgan fingerprint density at radius 3 is 2.44 bits per heavy atom. The Bertz CT molecular complexity index is 862. The molecule has 1 heterocycles. The van der Waals surface area contributed by atoms with Crippen molar-refractivity contribution in [3.63, 3.8) is 0 Å². The number of alkyl halides is 3. The highest BCUT2D eigenvalue weighted by Crippen LogP contribution is 2.32. The molecular formula is C16H11F3N4O2. The molecule has 1 aromatic heterocycles. The average molecular weight is 348 g/mol. The van der Waals surface area contributed by atoms with Crippen molar-refractivity contribution in [2.24, 2.45) is 0 Å². The average Bonchev–Trinajstić information content (AvgIpc) is 3.14. The normalized spacial score (nSPS) is 11.3. The standard InChI is InChI=1S/C16H11F3N4O2/c17-16(18,19)14-4-2-1-3-12(14)9-25-15(24)11-5-7-13(8-6-11)23-10-20-21-22-23/h1-8,10H,9H2. The van der Waals surface area contributed by atoms with Crippen molar-refractivity contribution in [1.82, 2.24) is 20.2 Å². The molecule has 0 N–H and O–H groups in total. The molecule has 6 nitrogen and oxygen atoms in total. The third kappa shape index (κ3) is 3.82. The van der Waals surface area contributed by atoms with E-state index in [4.69, 9.17) is 4.74 Å². The Balaban J connectivity index is 1.69. The summed E-state index contributed by atoms with van der Waals surface area (Å²) in [4.78, 5) is 12.0. The molecule has 128 valence electrons. The Morgan fingerprint density at radius 1 is 1.08 bits per heavy atom. The number of benzene rings is 2. The van der Waals surface area contributed by atoms with E-state index >= 15 is 0 Å². The molecule has 0 aliphatic rings. The molecule has 0 fully saturated rings. The Hall–Kier alpha value is -3.23. The first-order valence-corrected chi connectivity index (χ1v) is 7.11. The molecule has 0 aliphatic heterocycles. The lowest BCUT2D eigenvalue weighted by Crippen LogP contribution is -2.12. The molecule has 0 radical (unpaired) electrons. The molecule has 0 saturated heterocycles. The van der Waals surface area contributed by atoms with E-state index in [0.717, 1.165) is 6.07 Å². The van der Waals surface area contributed by atoms with Crippen LogP contribution in [0.5, 0.6) is 0 Å². The number of carbonyl (C=O) groups is 1. The number of esters is 1. The second kappa shape index (κ2) is 6.71. The first-order chi connectivity index (χ1) is 11.9. The molecule has 0 amide bonds. The molecule has 3 aromatic rings. The Morgan fingerprint density at radius 2 is 1.80 bits per heavy atom. The summed E-state index contributed by atoms with van der Waals surface area (Å²) < 4.78 is 45.1. The van der Waals surface area contributed by atoms with Gasteiger partial charge in [0.25, 0.3) is 0 Å². The third-order valence-electron chi connectivity index (χ3n) is 3.40. The Kier molecular flexibility index (Phi) is 4.46. The fraction of sp³-hybridized carbons (Fsp3) is 0.125. The molecule has 2 aromatic carbocycles. The second-order valence-corrected chi connectivity index (χ2v) is 5.03. The van der Waals surface area contributed by atoms with Crippen LogP contribution in [0.1, 0.15) is 21.5 Å². The van der Waals surface area contributed by atoms with Gasteiger partial charge in [0, 0.05) is 5.56 Å². The molecule has 0 spiro atoms. The van der Waals surface area contributed by atoms with Gasteiger partial charge in [-0.25, -0.2) is 9.48 Å². The number of halogens is 3. The van der Waals surface area contributed by atoms with Gasteiger partial charge >= 0.3 is 12.1 Å². The van der Waals surface area contributed by atoms with E-state index in [-0.39, 0.29) is 11.1 Å². The predicted molar refractivity (Wildman–Crippen MR) is 79.7 cm³/mol. The topological polar surface area (TPSA) is 69.9 Å². The van der Waals surface area contributed by atoms with Crippen LogP contribution in [0.3, 0.4) is 0 Å². The van der Waals surface area contributed by atoms with Gasteiger partial charge in [0.2, 0.25) is 0 Å². The summed E-state index contributed by atoms with van der Waals surface area (Å²) in [5.74, 6) is -0.722. The zero-order chi connectivity index (χ0) is 17.9. The van der Waals surface area contributed by atoms with Crippen molar-refractivity contribution in [3.05, 3.63) is 71.5 Å². The van der Waals surface area contributed by atoms with Crippen molar-refractivity contribution >= 4 is 5.97 Å². The zero-order valence-corrected chi connectivity index (χ0v) is 12.6. The van der Waals surface area contributed by atoms with Gasteiger partial charge in [0.1, 0.15) is 12.9 Å². The summed E-state index contributed by atoms with van der Waals surface area (Å²) in [5, 5.41) is 10.7. The van der Waals surface area contributed by atoms with Crippen LogP contribution in [0.15, 0.2) is 54.9 Å². The lowest BCUT2D eigenvalue weighted by Gasteiger charge is -2.12. The highest BCUT2D eigenvalue weighted by atomic mass is 19.4. The van der Waals surface area contributed by atoms with E-state index in [9.17, 15) is 18.0 Å². The number of hydrogen-bond acceptors (Lipinski definition) is 5. The second-order valence-electron chi connectivity index (χ2n) is 5.03. The van der Waals surface area contributed by atoms with Crippen LogP contribution in [-0.4, -0.2) is 26.2 Å². The first kappa shape index (κ1) is 16.6. The molecule has 25 heavy (non-hydrogen) atoms. The van der Waals surface area contributed by atoms with Crippen molar-refractivity contribution in [2.45, 2.75) is 12.8 Å². The molecule has 9 heteroatoms. The van der Waals surface area contributed by atoms with Gasteiger partial charge in [-0.2, -0.15) is 13.2 Å². The van der Waals surface area contributed by atoms with Gasteiger partial charge in [0.05, 0.1) is 16.8 Å². The van der Waals surface area contributed by atoms with Crippen molar-refractivity contribution in [1.29, 1.82) is 0 Å². The summed E-state index contributed by atoms with van der Waals surface area (Å²) in [6.07, 6.45) is -3.11. The first-order valence-electron chi connectivity index (χ1n) is 7.11. The number of rotatable bonds is 4. The molecule has 0 saturated carbocycles. The summed E-state index contributed by atoms with van der Waals surface area (Å²) in [7, 11) is 0. The lowest BCUT2D eigenvalue weighted by atomic mass is 10.1. The highest BCUT2D eigenvalue weighted by molar-refractivity contribution is 5.89. The van der Waals surface area contributed by atoms with Crippen molar-refractivity contribution in [2.75, 3.05) is 0 Å². The predicted octanol–water partition coefficient (Wildman–Crippen LogP) is 3.04. The minimum atomic E-state index is -4.50. The number of hydrogen-bond donors (Lipinski definition) is 0. The fourth-order valence-electron chi connectivity index (χ4n) is 2.18. The van der Waals surface area contributed by atoms with Gasteiger partial charge in [0.15, 0.2) is 0 Å². The highest BCUT2D eigenvalue weighted by Gasteiger charge is 2.33. The molecule has 0 aliphatic carbocycles. The maximum absolute atomic E-state index is 12.9. The lowest BCUT2D eigenvalue weighted by molar-refractivity contribution is -0.138. The monoisotopic (exact) mass is 348 g/mol. The number of carbonyl (C=O) groups excluding carboxylic acids is 1. The quantitative estimate of drug-likeness (QED) is 0.678. The number of aromatic nitrogens is 4. The SMILES string of the molecule is O=C(OCc1ccccc1C(F)(F)F)c1ccc(-n2cnnn2)cc1. The van der Waals surface area contributed by atoms with Crippen LogP contribution in [0.25, 0.3) is 5.69 Å². The maximum atomic E-state index is 12.9. The van der Waals surface area contributed by atoms with E-state index < -0.39 is 24.3 Å². The van der Waals surface area contributed by atoms with Gasteiger partial charge in [-0.3, -0.25) is 0 Å². The molecule has 3 rings (SSSR count). The van der Waals surface area contributed by atoms with Crippen molar-refractivity contribution < 1.29 is 22.7 Å². The summed E-state index contributed by atoms with van der Waals surface area (Å²) in [5.41, 5.74) is -0.0872. The summed E-state index contributed by atoms with van der Waals surface area (Å²) in [6.45, 7) is -0.469. The molecular weight excluding hydrogens is 337 g/mol. The van der Waals surface area contributed by atoms with E-state index in [2.05, 4.69) is 15.5 Å². The van der Waals surface area contributed by atoms with Crippen LogP contribution < -0.4 is 0 Å².